The number of fused-ring (bicyclic) bond motifs is 4. The van der Waals surface area contributed by atoms with Gasteiger partial charge in [0.15, 0.2) is 5.78 Å². The zero-order chi connectivity index (χ0) is 36.1. The molecule has 2 aliphatic heterocycles. The van der Waals surface area contributed by atoms with Crippen LogP contribution >= 0.6 is 11.6 Å². The van der Waals surface area contributed by atoms with E-state index in [1.165, 1.54) is 29.1 Å². The number of hydrogen-bond donors (Lipinski definition) is 1. The molecule has 0 radical (unpaired) electrons. The molecule has 1 aromatic heterocycles. The van der Waals surface area contributed by atoms with Crippen molar-refractivity contribution in [2.75, 3.05) is 37.5 Å². The molecule has 6 atom stereocenters. The highest BCUT2D eigenvalue weighted by Gasteiger charge is 2.44. The lowest BCUT2D eigenvalue weighted by Crippen LogP contribution is -2.49. The number of rotatable bonds is 3. The van der Waals surface area contributed by atoms with E-state index >= 15 is 0 Å². The van der Waals surface area contributed by atoms with E-state index in [1.54, 1.807) is 31.3 Å². The van der Waals surface area contributed by atoms with Crippen LogP contribution in [0.15, 0.2) is 59.1 Å². The lowest BCUT2D eigenvalue weighted by atomic mass is 9.68. The van der Waals surface area contributed by atoms with Crippen LogP contribution in [0.2, 0.25) is 5.02 Å². The van der Waals surface area contributed by atoms with Crippen LogP contribution in [0.1, 0.15) is 71.4 Å². The number of aryl methyl sites for hydroxylation is 2. The molecule has 4 aliphatic rings. The Morgan fingerprint density at radius 2 is 1.98 bits per heavy atom. The van der Waals surface area contributed by atoms with Crippen LogP contribution in [-0.4, -0.2) is 64.1 Å². The third kappa shape index (κ3) is 6.92. The number of ketones is 1. The average Bonchev–Trinajstić information content (AvgIpc) is 3.40. The third-order valence-corrected chi connectivity index (χ3v) is 13.4. The van der Waals surface area contributed by atoms with Gasteiger partial charge in [-0.25, -0.2) is 4.21 Å². The summed E-state index contributed by atoms with van der Waals surface area (Å²) in [5.74, 6) is -1.25. The van der Waals surface area contributed by atoms with Gasteiger partial charge in [0.05, 0.1) is 25.2 Å². The molecule has 2 aromatic carbocycles. The van der Waals surface area contributed by atoms with Crippen molar-refractivity contribution in [3.8, 4) is 11.6 Å². The van der Waals surface area contributed by atoms with E-state index in [2.05, 4.69) is 31.2 Å². The molecule has 51 heavy (non-hydrogen) atoms. The van der Waals surface area contributed by atoms with Gasteiger partial charge >= 0.3 is 0 Å². The number of methoxy groups -OCH3 is 1. The Kier molecular flexibility index (Phi) is 9.51. The van der Waals surface area contributed by atoms with Crippen LogP contribution < -0.4 is 19.1 Å². The summed E-state index contributed by atoms with van der Waals surface area (Å²) in [5.41, 5.74) is 3.14. The SMILES string of the molecule is COc1nn(C)cc1C(=O)NS1(=O)=NC(=O)c2ccc3c(c2)N(C[C@@H]2CC[C@H]2C(=O)/C=C/[C@@H](C)[C@H](C)C1)C[C@@]1(CCCc2cc(Cl)ccc21)CO3. The van der Waals surface area contributed by atoms with E-state index in [9.17, 15) is 18.6 Å². The molecule has 270 valence electrons. The van der Waals surface area contributed by atoms with Crippen molar-refractivity contribution in [3.05, 3.63) is 82.0 Å². The summed E-state index contributed by atoms with van der Waals surface area (Å²) in [6, 6.07) is 11.3. The number of anilines is 1. The fourth-order valence-electron chi connectivity index (χ4n) is 8.02. The number of allylic oxidation sites excluding steroid dienone is 2. The molecule has 3 aromatic rings. The first-order chi connectivity index (χ1) is 24.4. The smallest absolute Gasteiger partial charge is 0.286 e. The van der Waals surface area contributed by atoms with Gasteiger partial charge in [-0.3, -0.25) is 23.8 Å². The zero-order valence-electron chi connectivity index (χ0n) is 29.4. The maximum absolute atomic E-state index is 14.6. The molecule has 1 spiro atoms. The quantitative estimate of drug-likeness (QED) is 0.350. The Morgan fingerprint density at radius 1 is 1.16 bits per heavy atom. The lowest BCUT2D eigenvalue weighted by Gasteiger charge is -2.44. The largest absolute Gasteiger partial charge is 0.490 e. The van der Waals surface area contributed by atoms with Gasteiger partial charge in [-0.15, -0.1) is 9.46 Å². The van der Waals surface area contributed by atoms with Gasteiger partial charge in [-0.1, -0.05) is 37.6 Å². The first-order valence-electron chi connectivity index (χ1n) is 17.6. The predicted molar refractivity (Wildman–Crippen MR) is 196 cm³/mol. The normalized spacial score (nSPS) is 29.8. The topological polar surface area (TPSA) is 132 Å². The van der Waals surface area contributed by atoms with Crippen molar-refractivity contribution in [1.29, 1.82) is 0 Å². The van der Waals surface area contributed by atoms with Crippen molar-refractivity contribution >= 4 is 44.8 Å². The fourth-order valence-corrected chi connectivity index (χ4v) is 10.2. The molecule has 2 aliphatic carbocycles. The average molecular weight is 734 g/mol. The monoisotopic (exact) mass is 733 g/mol. The minimum Gasteiger partial charge on any atom is -0.490 e. The minimum absolute atomic E-state index is 0.0574. The van der Waals surface area contributed by atoms with Gasteiger partial charge in [0.1, 0.15) is 21.2 Å². The summed E-state index contributed by atoms with van der Waals surface area (Å²) >= 11 is 6.43. The molecule has 1 unspecified atom stereocenters. The van der Waals surface area contributed by atoms with E-state index in [1.807, 2.05) is 26.0 Å². The van der Waals surface area contributed by atoms with Crippen molar-refractivity contribution in [3.63, 3.8) is 0 Å². The number of nitrogens with zero attached hydrogens (tertiary/aromatic N) is 4. The van der Waals surface area contributed by atoms with Gasteiger partial charge in [0.2, 0.25) is 5.88 Å². The molecule has 11 nitrogen and oxygen atoms in total. The molecule has 1 saturated carbocycles. The second-order valence-corrected chi connectivity index (χ2v) is 17.1. The highest BCUT2D eigenvalue weighted by molar-refractivity contribution is 7.92. The van der Waals surface area contributed by atoms with Gasteiger partial charge in [0, 0.05) is 48.3 Å². The highest BCUT2D eigenvalue weighted by Crippen LogP contribution is 2.46. The van der Waals surface area contributed by atoms with Crippen molar-refractivity contribution in [2.24, 2.45) is 35.1 Å². The van der Waals surface area contributed by atoms with Crippen LogP contribution in [0.5, 0.6) is 11.6 Å². The number of hydrogen-bond acceptors (Lipinski definition) is 8. The van der Waals surface area contributed by atoms with Crippen LogP contribution in [0.25, 0.3) is 0 Å². The standard InChI is InChI=1S/C38H44ClN5O6S/c1-23-7-13-33(45)29-11-8-27(29)18-44-21-38(15-5-6-25-16-28(39)10-12-31(25)38)22-50-34-14-9-26(17-32(34)44)35(46)41-51(48,20-24(23)2)42-36(47)30-19-43(3)40-37(30)49-4/h7,9-10,12-14,16-17,19,23-24,27,29H,5-6,8,11,15,18,20-22H2,1-4H3,(H,41,42,46,47,48)/b13-7+/t23-,24-,27+,29-,38+,51?/m1/s1. The van der Waals surface area contributed by atoms with Gasteiger partial charge < -0.3 is 14.4 Å². The van der Waals surface area contributed by atoms with Crippen LogP contribution in [0.3, 0.4) is 0 Å². The number of aromatic nitrogens is 2. The molecular formula is C38H44ClN5O6S. The van der Waals surface area contributed by atoms with E-state index in [0.29, 0.717) is 30.5 Å². The number of amides is 2. The Labute approximate surface area is 304 Å². The van der Waals surface area contributed by atoms with Gasteiger partial charge in [-0.2, -0.15) is 0 Å². The summed E-state index contributed by atoms with van der Waals surface area (Å²) in [6.07, 6.45) is 9.56. The number of ether oxygens (including phenoxy) is 2. The fraction of sp³-hybridized carbons (Fsp3) is 0.474. The van der Waals surface area contributed by atoms with Gasteiger partial charge in [-0.05, 0) is 97.4 Å². The van der Waals surface area contributed by atoms with Crippen LogP contribution in [0.4, 0.5) is 5.69 Å². The molecule has 1 N–H and O–H groups in total. The molecule has 2 bridgehead atoms. The zero-order valence-corrected chi connectivity index (χ0v) is 31.0. The number of carbonyl (C=O) groups excluding carboxylic acids is 3. The maximum Gasteiger partial charge on any atom is 0.286 e. The van der Waals surface area contributed by atoms with Crippen molar-refractivity contribution in [2.45, 2.75) is 51.4 Å². The number of carbonyl (C=O) groups is 3. The first kappa shape index (κ1) is 35.3. The molecule has 2 amide bonds. The van der Waals surface area contributed by atoms with Crippen LogP contribution in [-0.2, 0) is 33.6 Å². The molecular weight excluding hydrogens is 690 g/mol. The maximum atomic E-state index is 14.6. The number of halogens is 1. The second-order valence-electron chi connectivity index (χ2n) is 14.7. The van der Waals surface area contributed by atoms with Crippen LogP contribution in [0, 0.1) is 23.7 Å². The molecule has 1 fully saturated rings. The van der Waals surface area contributed by atoms with E-state index in [0.717, 1.165) is 37.8 Å². The first-order valence-corrected chi connectivity index (χ1v) is 19.6. The lowest BCUT2D eigenvalue weighted by molar-refractivity contribution is -0.122. The summed E-state index contributed by atoms with van der Waals surface area (Å²) in [4.78, 5) is 43.4. The molecule has 7 rings (SSSR count). The summed E-state index contributed by atoms with van der Waals surface area (Å²) in [6.45, 7) is 5.50. The third-order valence-electron chi connectivity index (χ3n) is 11.2. The van der Waals surface area contributed by atoms with Crippen molar-refractivity contribution in [1.82, 2.24) is 14.5 Å². The summed E-state index contributed by atoms with van der Waals surface area (Å²) < 4.78 is 34.7. The second kappa shape index (κ2) is 13.8. The van der Waals surface area contributed by atoms with E-state index < -0.39 is 21.7 Å². The predicted octanol–water partition coefficient (Wildman–Crippen LogP) is 5.95. The Bertz CT molecular complexity index is 2050. The Balaban J connectivity index is 1.31. The van der Waals surface area contributed by atoms with Gasteiger partial charge in [0.25, 0.3) is 11.8 Å². The molecule has 0 saturated heterocycles. The summed E-state index contributed by atoms with van der Waals surface area (Å²) in [5, 5.41) is 4.84. The molecule has 3 heterocycles. The summed E-state index contributed by atoms with van der Waals surface area (Å²) in [7, 11) is -0.650. The Hall–Kier alpha value is -4.16. The Morgan fingerprint density at radius 3 is 2.75 bits per heavy atom. The minimum atomic E-state index is -3.67. The van der Waals surface area contributed by atoms with E-state index in [-0.39, 0.29) is 57.6 Å². The van der Waals surface area contributed by atoms with Crippen molar-refractivity contribution < 1.29 is 28.1 Å². The number of benzene rings is 2. The van der Waals surface area contributed by atoms with E-state index in [4.69, 9.17) is 21.1 Å². The molecule has 13 heteroatoms. The highest BCUT2D eigenvalue weighted by atomic mass is 35.5. The number of nitrogens with one attached hydrogen (secondary N) is 1.